The van der Waals surface area contributed by atoms with Gasteiger partial charge in [-0.1, -0.05) is 36.0 Å². The Kier molecular flexibility index (Phi) is 5.38. The van der Waals surface area contributed by atoms with Crippen molar-refractivity contribution in [2.24, 2.45) is 0 Å². The van der Waals surface area contributed by atoms with E-state index in [1.165, 1.54) is 0 Å². The molecule has 106 valence electrons. The molecule has 5 heteroatoms. The van der Waals surface area contributed by atoms with E-state index >= 15 is 0 Å². The van der Waals surface area contributed by atoms with Crippen LogP contribution in [0.3, 0.4) is 0 Å². The van der Waals surface area contributed by atoms with Gasteiger partial charge in [0, 0.05) is 17.1 Å². The maximum absolute atomic E-state index is 12.2. The lowest BCUT2D eigenvalue weighted by atomic mass is 10.1. The third-order valence-corrected chi connectivity index (χ3v) is 3.50. The maximum atomic E-state index is 12.2. The van der Waals surface area contributed by atoms with E-state index in [-0.39, 0.29) is 6.61 Å². The first-order valence-corrected chi connectivity index (χ1v) is 7.03. The second-order valence-corrected chi connectivity index (χ2v) is 5.29. The fourth-order valence-electron chi connectivity index (χ4n) is 1.72. The Balaban J connectivity index is 1.89. The minimum absolute atomic E-state index is 0.0387. The molecule has 20 heavy (non-hydrogen) atoms. The monoisotopic (exact) mass is 295 g/mol. The van der Waals surface area contributed by atoms with E-state index in [0.717, 1.165) is 16.8 Å². The van der Waals surface area contributed by atoms with E-state index in [4.69, 9.17) is 5.11 Å². The average Bonchev–Trinajstić information content (AvgIpc) is 2.46. The van der Waals surface area contributed by atoms with Crippen molar-refractivity contribution in [3.63, 3.8) is 0 Å². The van der Waals surface area contributed by atoms with E-state index in [1.807, 2.05) is 24.3 Å². The first-order chi connectivity index (χ1) is 9.67. The number of rotatable bonds is 6. The molecule has 0 saturated carbocycles. The van der Waals surface area contributed by atoms with Crippen LogP contribution in [0.25, 0.3) is 0 Å². The van der Waals surface area contributed by atoms with Crippen molar-refractivity contribution in [2.45, 2.75) is 23.8 Å². The van der Waals surface area contributed by atoms with Crippen LogP contribution in [0.4, 0.5) is 14.5 Å². The van der Waals surface area contributed by atoms with Crippen LogP contribution in [0, 0.1) is 0 Å². The Bertz CT molecular complexity index is 529. The second kappa shape index (κ2) is 7.26. The van der Waals surface area contributed by atoms with Gasteiger partial charge in [-0.25, -0.2) is 0 Å². The number of anilines is 1. The third-order valence-electron chi connectivity index (χ3n) is 2.78. The van der Waals surface area contributed by atoms with Crippen LogP contribution >= 0.6 is 11.8 Å². The Morgan fingerprint density at radius 1 is 0.950 bits per heavy atom. The van der Waals surface area contributed by atoms with Crippen LogP contribution < -0.4 is 5.32 Å². The van der Waals surface area contributed by atoms with Crippen LogP contribution in [0.1, 0.15) is 11.1 Å². The predicted octanol–water partition coefficient (Wildman–Crippen LogP) is 4.11. The molecule has 2 N–H and O–H groups in total. The highest BCUT2D eigenvalue weighted by Gasteiger charge is 2.04. The van der Waals surface area contributed by atoms with Gasteiger partial charge in [-0.3, -0.25) is 0 Å². The van der Waals surface area contributed by atoms with Gasteiger partial charge in [0.25, 0.3) is 5.76 Å². The minimum atomic E-state index is -2.39. The Morgan fingerprint density at radius 3 is 2.10 bits per heavy atom. The zero-order valence-electron chi connectivity index (χ0n) is 10.7. The van der Waals surface area contributed by atoms with Gasteiger partial charge in [-0.15, -0.1) is 0 Å². The standard InChI is InChI=1S/C15H15F2NOS/c16-15(17)20-14-7-5-13(6-8-14)18-9-11-1-3-12(10-19)4-2-11/h1-8,15,18-19H,9-10H2. The maximum Gasteiger partial charge on any atom is 0.288 e. The van der Waals surface area contributed by atoms with E-state index in [1.54, 1.807) is 24.3 Å². The van der Waals surface area contributed by atoms with Crippen LogP contribution in [0.15, 0.2) is 53.4 Å². The lowest BCUT2D eigenvalue weighted by Gasteiger charge is -2.08. The van der Waals surface area contributed by atoms with Crippen molar-refractivity contribution in [3.8, 4) is 0 Å². The predicted molar refractivity (Wildman–Crippen MR) is 78.0 cm³/mol. The smallest absolute Gasteiger partial charge is 0.288 e. The van der Waals surface area contributed by atoms with E-state index in [0.29, 0.717) is 23.2 Å². The highest BCUT2D eigenvalue weighted by molar-refractivity contribution is 7.99. The summed E-state index contributed by atoms with van der Waals surface area (Å²) in [5, 5.41) is 12.2. The van der Waals surface area contributed by atoms with Crippen LogP contribution in [0.2, 0.25) is 0 Å². The molecule has 0 aromatic heterocycles. The summed E-state index contributed by atoms with van der Waals surface area (Å²) in [5.41, 5.74) is 2.85. The molecule has 2 nitrogen and oxygen atoms in total. The number of thioether (sulfide) groups is 1. The molecule has 0 aliphatic heterocycles. The normalized spacial score (nSPS) is 10.8. The van der Waals surface area contributed by atoms with Gasteiger partial charge in [0.15, 0.2) is 0 Å². The van der Waals surface area contributed by atoms with E-state index in [9.17, 15) is 8.78 Å². The Hall–Kier alpha value is -1.59. The molecule has 0 atom stereocenters. The molecular formula is C15H15F2NOS. The number of benzene rings is 2. The summed E-state index contributed by atoms with van der Waals surface area (Å²) in [5.74, 6) is -2.39. The SMILES string of the molecule is OCc1ccc(CNc2ccc(SC(F)F)cc2)cc1. The topological polar surface area (TPSA) is 32.3 Å². The number of aliphatic hydroxyl groups is 1. The molecule has 2 aromatic rings. The first kappa shape index (κ1) is 14.8. The molecule has 0 fully saturated rings. The molecule has 2 aromatic carbocycles. The summed E-state index contributed by atoms with van der Waals surface area (Å²) in [6.07, 6.45) is 0. The lowest BCUT2D eigenvalue weighted by Crippen LogP contribution is -1.99. The van der Waals surface area contributed by atoms with Gasteiger partial charge in [-0.2, -0.15) is 8.78 Å². The van der Waals surface area contributed by atoms with Crippen molar-refractivity contribution >= 4 is 17.4 Å². The molecule has 0 spiro atoms. The van der Waals surface area contributed by atoms with E-state index in [2.05, 4.69) is 5.32 Å². The third kappa shape index (κ3) is 4.51. The van der Waals surface area contributed by atoms with Gasteiger partial charge in [0.2, 0.25) is 0 Å². The van der Waals surface area contributed by atoms with Crippen molar-refractivity contribution in [2.75, 3.05) is 5.32 Å². The zero-order valence-corrected chi connectivity index (χ0v) is 11.5. The summed E-state index contributed by atoms with van der Waals surface area (Å²) in [6.45, 7) is 0.685. The Labute approximate surface area is 120 Å². The molecule has 0 unspecified atom stereocenters. The molecule has 2 rings (SSSR count). The summed E-state index contributed by atoms with van der Waals surface area (Å²) >= 11 is 0.541. The second-order valence-electron chi connectivity index (χ2n) is 4.23. The molecule has 0 heterocycles. The van der Waals surface area contributed by atoms with Crippen molar-refractivity contribution < 1.29 is 13.9 Å². The van der Waals surface area contributed by atoms with E-state index < -0.39 is 5.76 Å². The van der Waals surface area contributed by atoms with Gasteiger partial charge in [0.05, 0.1) is 6.61 Å². The number of nitrogens with one attached hydrogen (secondary N) is 1. The molecule has 0 aliphatic carbocycles. The average molecular weight is 295 g/mol. The van der Waals surface area contributed by atoms with Crippen molar-refractivity contribution in [1.29, 1.82) is 0 Å². The van der Waals surface area contributed by atoms with Crippen molar-refractivity contribution in [3.05, 3.63) is 59.7 Å². The first-order valence-electron chi connectivity index (χ1n) is 6.15. The van der Waals surface area contributed by atoms with Gasteiger partial charge in [0.1, 0.15) is 0 Å². The number of aliphatic hydroxyl groups excluding tert-OH is 1. The minimum Gasteiger partial charge on any atom is -0.392 e. The fourth-order valence-corrected chi connectivity index (χ4v) is 2.22. The Morgan fingerprint density at radius 2 is 1.55 bits per heavy atom. The highest BCUT2D eigenvalue weighted by Crippen LogP contribution is 2.26. The zero-order chi connectivity index (χ0) is 14.4. The quantitative estimate of drug-likeness (QED) is 0.787. The highest BCUT2D eigenvalue weighted by atomic mass is 32.2. The largest absolute Gasteiger partial charge is 0.392 e. The van der Waals surface area contributed by atoms with Gasteiger partial charge < -0.3 is 10.4 Å². The van der Waals surface area contributed by atoms with Gasteiger partial charge >= 0.3 is 0 Å². The summed E-state index contributed by atoms with van der Waals surface area (Å²) < 4.78 is 24.4. The summed E-state index contributed by atoms with van der Waals surface area (Å²) in [6, 6.07) is 14.6. The number of hydrogen-bond acceptors (Lipinski definition) is 3. The molecule has 0 amide bonds. The lowest BCUT2D eigenvalue weighted by molar-refractivity contribution is 0.252. The number of alkyl halides is 2. The van der Waals surface area contributed by atoms with Crippen molar-refractivity contribution in [1.82, 2.24) is 0 Å². The number of halogens is 2. The summed E-state index contributed by atoms with van der Waals surface area (Å²) in [7, 11) is 0. The summed E-state index contributed by atoms with van der Waals surface area (Å²) in [4.78, 5) is 0.554. The fraction of sp³-hybridized carbons (Fsp3) is 0.200. The number of hydrogen-bond donors (Lipinski definition) is 2. The molecule has 0 radical (unpaired) electrons. The molecule has 0 aliphatic rings. The molecule has 0 saturated heterocycles. The van der Waals surface area contributed by atoms with Crippen LogP contribution in [-0.4, -0.2) is 10.9 Å². The van der Waals surface area contributed by atoms with Crippen LogP contribution in [0.5, 0.6) is 0 Å². The van der Waals surface area contributed by atoms with Gasteiger partial charge in [-0.05, 0) is 35.4 Å². The molecular weight excluding hydrogens is 280 g/mol. The van der Waals surface area contributed by atoms with Crippen LogP contribution in [-0.2, 0) is 13.2 Å². The molecule has 0 bridgehead atoms.